The maximum Gasteiger partial charge on any atom is 0.262 e. The van der Waals surface area contributed by atoms with Crippen LogP contribution in [0.15, 0.2) is 48.8 Å². The summed E-state index contributed by atoms with van der Waals surface area (Å²) in [7, 11) is 0. The van der Waals surface area contributed by atoms with Gasteiger partial charge >= 0.3 is 0 Å². The predicted molar refractivity (Wildman–Crippen MR) is 115 cm³/mol. The van der Waals surface area contributed by atoms with Crippen LogP contribution < -0.4 is 20.1 Å². The van der Waals surface area contributed by atoms with E-state index in [-0.39, 0.29) is 30.9 Å². The van der Waals surface area contributed by atoms with E-state index in [1.807, 2.05) is 13.0 Å². The van der Waals surface area contributed by atoms with Gasteiger partial charge in [0.1, 0.15) is 6.33 Å². The van der Waals surface area contributed by atoms with E-state index in [9.17, 15) is 9.59 Å². The molecule has 0 fully saturated rings. The van der Waals surface area contributed by atoms with Crippen LogP contribution in [0, 0.1) is 0 Å². The third kappa shape index (κ3) is 4.77. The molecule has 0 saturated carbocycles. The molecule has 9 nitrogen and oxygen atoms in total. The van der Waals surface area contributed by atoms with Gasteiger partial charge in [0.2, 0.25) is 11.9 Å². The monoisotopic (exact) mass is 441 g/mol. The van der Waals surface area contributed by atoms with Gasteiger partial charge in [-0.2, -0.15) is 10.1 Å². The molecule has 2 amide bonds. The maximum atomic E-state index is 12.2. The number of halogens is 1. The summed E-state index contributed by atoms with van der Waals surface area (Å²) in [6.07, 6.45) is 1.62. The van der Waals surface area contributed by atoms with E-state index in [0.29, 0.717) is 34.8 Å². The van der Waals surface area contributed by atoms with E-state index in [0.717, 1.165) is 5.56 Å². The second-order valence-corrected chi connectivity index (χ2v) is 7.22. The fourth-order valence-electron chi connectivity index (χ4n) is 3.26. The zero-order valence-electron chi connectivity index (χ0n) is 16.7. The Bertz CT molecular complexity index is 1100. The number of anilines is 2. The minimum absolute atomic E-state index is 0.136. The fourth-order valence-corrected chi connectivity index (χ4v) is 3.38. The van der Waals surface area contributed by atoms with Crippen LogP contribution in [0.25, 0.3) is 0 Å². The van der Waals surface area contributed by atoms with Gasteiger partial charge in [-0.25, -0.2) is 4.68 Å². The summed E-state index contributed by atoms with van der Waals surface area (Å²) in [5, 5.41) is 10.2. The molecule has 1 aliphatic rings. The zero-order valence-corrected chi connectivity index (χ0v) is 17.4. The van der Waals surface area contributed by atoms with Crippen LogP contribution in [-0.4, -0.2) is 39.8 Å². The number of aromatic nitrogens is 3. The van der Waals surface area contributed by atoms with E-state index in [1.165, 1.54) is 6.33 Å². The van der Waals surface area contributed by atoms with Gasteiger partial charge in [-0.3, -0.25) is 14.9 Å². The first-order chi connectivity index (χ1) is 15.0. The third-order valence-electron chi connectivity index (χ3n) is 4.64. The maximum absolute atomic E-state index is 12.2. The van der Waals surface area contributed by atoms with Crippen LogP contribution in [-0.2, 0) is 9.59 Å². The lowest BCUT2D eigenvalue weighted by molar-refractivity contribution is -0.118. The van der Waals surface area contributed by atoms with Crippen molar-refractivity contribution in [1.82, 2.24) is 14.8 Å². The molecule has 4 rings (SSSR count). The van der Waals surface area contributed by atoms with E-state index in [4.69, 9.17) is 21.1 Å². The molecule has 1 atom stereocenters. The lowest BCUT2D eigenvalue weighted by Crippen LogP contribution is -2.29. The number of hydrogen-bond donors (Lipinski definition) is 2. The van der Waals surface area contributed by atoms with Crippen molar-refractivity contribution in [3.63, 3.8) is 0 Å². The Hall–Kier alpha value is -3.59. The molecule has 3 aromatic rings. The normalized spacial score (nSPS) is 15.0. The van der Waals surface area contributed by atoms with Gasteiger partial charge in [0.05, 0.1) is 19.1 Å². The van der Waals surface area contributed by atoms with Crippen LogP contribution in [0.4, 0.5) is 11.6 Å². The van der Waals surface area contributed by atoms with Crippen molar-refractivity contribution in [2.45, 2.75) is 19.4 Å². The van der Waals surface area contributed by atoms with Crippen molar-refractivity contribution >= 4 is 35.1 Å². The molecule has 10 heteroatoms. The molecule has 2 aromatic carbocycles. The summed E-state index contributed by atoms with van der Waals surface area (Å²) in [5.41, 5.74) is 1.45. The highest BCUT2D eigenvalue weighted by Gasteiger charge is 2.28. The van der Waals surface area contributed by atoms with Crippen molar-refractivity contribution in [1.29, 1.82) is 0 Å². The Balaban J connectivity index is 1.48. The van der Waals surface area contributed by atoms with Crippen molar-refractivity contribution < 1.29 is 19.1 Å². The molecule has 160 valence electrons. The average molecular weight is 442 g/mol. The fraction of sp³-hybridized carbons (Fsp3) is 0.238. The van der Waals surface area contributed by atoms with Gasteiger partial charge in [-0.05, 0) is 48.9 Å². The van der Waals surface area contributed by atoms with Crippen LogP contribution in [0.3, 0.4) is 0 Å². The number of nitrogens with one attached hydrogen (secondary N) is 2. The number of amides is 2. The minimum Gasteiger partial charge on any atom is -0.490 e. The lowest BCUT2D eigenvalue weighted by atomic mass is 10.0. The summed E-state index contributed by atoms with van der Waals surface area (Å²) in [5.74, 6) is 0.856. The number of ether oxygens (including phenoxy) is 2. The zero-order chi connectivity index (χ0) is 21.8. The number of nitrogens with zero attached hydrogens (tertiary/aromatic N) is 3. The summed E-state index contributed by atoms with van der Waals surface area (Å²) in [6.45, 7) is 2.07. The first-order valence-electron chi connectivity index (χ1n) is 9.68. The van der Waals surface area contributed by atoms with Gasteiger partial charge < -0.3 is 14.8 Å². The van der Waals surface area contributed by atoms with Gasteiger partial charge in [0, 0.05) is 10.7 Å². The van der Waals surface area contributed by atoms with Gasteiger partial charge in [0.25, 0.3) is 5.91 Å². The quantitative estimate of drug-likeness (QED) is 0.582. The molecule has 0 bridgehead atoms. The predicted octanol–water partition coefficient (Wildman–Crippen LogP) is 3.28. The average Bonchev–Trinajstić information content (AvgIpc) is 3.22. The van der Waals surface area contributed by atoms with E-state index >= 15 is 0 Å². The molecule has 0 saturated heterocycles. The third-order valence-corrected chi connectivity index (χ3v) is 4.89. The Labute approximate surface area is 183 Å². The minimum atomic E-state index is -0.315. The number of carbonyl (C=O) groups excluding carboxylic acids is 2. The highest BCUT2D eigenvalue weighted by Crippen LogP contribution is 2.35. The highest BCUT2D eigenvalue weighted by atomic mass is 35.5. The lowest BCUT2D eigenvalue weighted by Gasteiger charge is -2.24. The molecular weight excluding hydrogens is 422 g/mol. The molecule has 0 radical (unpaired) electrons. The van der Waals surface area contributed by atoms with Crippen LogP contribution in [0.5, 0.6) is 11.5 Å². The first kappa shape index (κ1) is 20.7. The second-order valence-electron chi connectivity index (χ2n) is 6.78. The highest BCUT2D eigenvalue weighted by molar-refractivity contribution is 6.30. The van der Waals surface area contributed by atoms with E-state index in [2.05, 4.69) is 20.7 Å². The smallest absolute Gasteiger partial charge is 0.262 e. The van der Waals surface area contributed by atoms with Crippen molar-refractivity contribution in [2.24, 2.45) is 0 Å². The standard InChI is InChI=1S/C21H20ClN5O4/c1-2-30-18-9-13(16-10-19(28)26-21-23-12-24-27(16)21)3-8-17(18)31-11-20(29)25-15-6-4-14(22)5-7-15/h3-9,12,16H,2,10-11H2,1H3,(H,25,29)(H,23,24,26,28)/t16-/m1/s1. The molecule has 0 aliphatic carbocycles. The summed E-state index contributed by atoms with van der Waals surface area (Å²) in [4.78, 5) is 28.3. The van der Waals surface area contributed by atoms with E-state index in [1.54, 1.807) is 41.1 Å². The van der Waals surface area contributed by atoms with Crippen LogP contribution in [0.1, 0.15) is 24.9 Å². The van der Waals surface area contributed by atoms with Gasteiger partial charge in [0.15, 0.2) is 18.1 Å². The van der Waals surface area contributed by atoms with Crippen LogP contribution in [0.2, 0.25) is 5.02 Å². The van der Waals surface area contributed by atoms with Crippen molar-refractivity contribution in [2.75, 3.05) is 23.8 Å². The summed E-state index contributed by atoms with van der Waals surface area (Å²) < 4.78 is 13.1. The van der Waals surface area contributed by atoms with Crippen molar-refractivity contribution in [3.8, 4) is 11.5 Å². The number of carbonyl (C=O) groups is 2. The molecule has 2 heterocycles. The SMILES string of the molecule is CCOc1cc([C@H]2CC(=O)Nc3ncnn32)ccc1OCC(=O)Nc1ccc(Cl)cc1. The largest absolute Gasteiger partial charge is 0.490 e. The molecule has 0 unspecified atom stereocenters. The van der Waals surface area contributed by atoms with E-state index < -0.39 is 0 Å². The molecule has 0 spiro atoms. The Kier molecular flexibility index (Phi) is 6.03. The van der Waals surface area contributed by atoms with Crippen LogP contribution >= 0.6 is 11.6 Å². The molecule has 1 aromatic heterocycles. The second kappa shape index (κ2) is 9.05. The van der Waals surface area contributed by atoms with Crippen molar-refractivity contribution in [3.05, 3.63) is 59.4 Å². The number of fused-ring (bicyclic) bond motifs is 1. The first-order valence-corrected chi connectivity index (χ1v) is 10.1. The summed E-state index contributed by atoms with van der Waals surface area (Å²) >= 11 is 5.85. The molecule has 2 N–H and O–H groups in total. The van der Waals surface area contributed by atoms with Gasteiger partial charge in [-0.1, -0.05) is 17.7 Å². The number of benzene rings is 2. The summed E-state index contributed by atoms with van der Waals surface area (Å²) in [6, 6.07) is 11.8. The molecule has 1 aliphatic heterocycles. The number of rotatable bonds is 7. The molecular formula is C21H20ClN5O4. The topological polar surface area (TPSA) is 107 Å². The Morgan fingerprint density at radius 3 is 2.81 bits per heavy atom. The molecule has 31 heavy (non-hydrogen) atoms. The van der Waals surface area contributed by atoms with Gasteiger partial charge in [-0.15, -0.1) is 0 Å². The Morgan fingerprint density at radius 1 is 1.23 bits per heavy atom. The number of hydrogen-bond acceptors (Lipinski definition) is 6. The Morgan fingerprint density at radius 2 is 2.03 bits per heavy atom.